The third kappa shape index (κ3) is 2.28. The van der Waals surface area contributed by atoms with Gasteiger partial charge in [-0.2, -0.15) is 0 Å². The number of ether oxygens (including phenoxy) is 2. The van der Waals surface area contributed by atoms with E-state index >= 15 is 0 Å². The van der Waals surface area contributed by atoms with E-state index in [2.05, 4.69) is 29.4 Å². The van der Waals surface area contributed by atoms with E-state index in [1.807, 2.05) is 7.05 Å². The van der Waals surface area contributed by atoms with Gasteiger partial charge in [0, 0.05) is 22.7 Å². The van der Waals surface area contributed by atoms with Gasteiger partial charge >= 0.3 is 0 Å². The summed E-state index contributed by atoms with van der Waals surface area (Å²) in [6.07, 6.45) is 2.21. The zero-order chi connectivity index (χ0) is 13.2. The van der Waals surface area contributed by atoms with Crippen molar-refractivity contribution in [3.63, 3.8) is 0 Å². The van der Waals surface area contributed by atoms with E-state index in [1.54, 1.807) is 0 Å². The Morgan fingerprint density at radius 3 is 2.68 bits per heavy atom. The van der Waals surface area contributed by atoms with E-state index in [-0.39, 0.29) is 0 Å². The Morgan fingerprint density at radius 1 is 1.21 bits per heavy atom. The van der Waals surface area contributed by atoms with Gasteiger partial charge in [-0.15, -0.1) is 0 Å². The van der Waals surface area contributed by atoms with Gasteiger partial charge in [-0.1, -0.05) is 0 Å². The van der Waals surface area contributed by atoms with Crippen molar-refractivity contribution >= 4 is 10.9 Å². The molecule has 0 radical (unpaired) electrons. The van der Waals surface area contributed by atoms with Crippen LogP contribution in [0.2, 0.25) is 0 Å². The molecule has 4 heteroatoms. The van der Waals surface area contributed by atoms with Crippen LogP contribution >= 0.6 is 0 Å². The first-order chi connectivity index (χ1) is 9.29. The van der Waals surface area contributed by atoms with Gasteiger partial charge in [-0.3, -0.25) is 0 Å². The SMILES string of the molecule is CNCCCc1c(C)[nH]c2cc3c(cc12)OCCO3. The number of aromatic nitrogens is 1. The fourth-order valence-corrected chi connectivity index (χ4v) is 2.69. The average Bonchev–Trinajstić information content (AvgIpc) is 2.72. The van der Waals surface area contributed by atoms with Gasteiger partial charge in [0.2, 0.25) is 0 Å². The van der Waals surface area contributed by atoms with E-state index in [1.165, 1.54) is 16.6 Å². The first-order valence-corrected chi connectivity index (χ1v) is 6.85. The molecule has 2 N–H and O–H groups in total. The van der Waals surface area contributed by atoms with Crippen molar-refractivity contribution in [3.05, 3.63) is 23.4 Å². The summed E-state index contributed by atoms with van der Waals surface area (Å²) in [6, 6.07) is 4.17. The standard InChI is InChI=1S/C15H20N2O2/c1-10-11(4-3-5-16-2)12-8-14-15(9-13(12)17-10)19-7-6-18-14/h8-9,16-17H,3-7H2,1-2H3. The van der Waals surface area contributed by atoms with E-state index in [9.17, 15) is 0 Å². The summed E-state index contributed by atoms with van der Waals surface area (Å²) < 4.78 is 11.3. The monoisotopic (exact) mass is 260 g/mol. The molecule has 0 fully saturated rings. The Labute approximate surface area is 113 Å². The second kappa shape index (κ2) is 5.13. The molecule has 0 spiro atoms. The van der Waals surface area contributed by atoms with Gasteiger partial charge in [0.05, 0.1) is 0 Å². The average molecular weight is 260 g/mol. The summed E-state index contributed by atoms with van der Waals surface area (Å²) >= 11 is 0. The second-order valence-electron chi connectivity index (χ2n) is 4.98. The van der Waals surface area contributed by atoms with E-state index in [0.717, 1.165) is 36.4 Å². The van der Waals surface area contributed by atoms with Crippen LogP contribution < -0.4 is 14.8 Å². The minimum atomic E-state index is 0.632. The molecule has 0 unspecified atom stereocenters. The minimum absolute atomic E-state index is 0.632. The molecule has 1 aromatic carbocycles. The molecule has 2 heterocycles. The summed E-state index contributed by atoms with van der Waals surface area (Å²) in [5.74, 6) is 1.72. The topological polar surface area (TPSA) is 46.3 Å². The lowest BCUT2D eigenvalue weighted by Crippen LogP contribution is -2.15. The zero-order valence-corrected chi connectivity index (χ0v) is 11.5. The molecule has 0 atom stereocenters. The quantitative estimate of drug-likeness (QED) is 0.830. The van der Waals surface area contributed by atoms with Crippen molar-refractivity contribution < 1.29 is 9.47 Å². The number of hydrogen-bond acceptors (Lipinski definition) is 3. The van der Waals surface area contributed by atoms with Crippen LogP contribution in [0.3, 0.4) is 0 Å². The Kier molecular flexibility index (Phi) is 3.34. The highest BCUT2D eigenvalue weighted by Crippen LogP contribution is 2.36. The van der Waals surface area contributed by atoms with Crippen LogP contribution in [0, 0.1) is 6.92 Å². The highest BCUT2D eigenvalue weighted by molar-refractivity contribution is 5.88. The maximum atomic E-state index is 5.67. The molecule has 3 rings (SSSR count). The van der Waals surface area contributed by atoms with Gasteiger partial charge in [0.25, 0.3) is 0 Å². The zero-order valence-electron chi connectivity index (χ0n) is 11.5. The van der Waals surface area contributed by atoms with Crippen molar-refractivity contribution in [1.29, 1.82) is 0 Å². The number of aromatic amines is 1. The Hall–Kier alpha value is -1.68. The molecular weight excluding hydrogens is 240 g/mol. The molecule has 0 aliphatic carbocycles. The van der Waals surface area contributed by atoms with E-state index in [0.29, 0.717) is 13.2 Å². The molecule has 1 aromatic heterocycles. The number of benzene rings is 1. The largest absolute Gasteiger partial charge is 0.486 e. The third-order valence-electron chi connectivity index (χ3n) is 3.64. The number of rotatable bonds is 4. The van der Waals surface area contributed by atoms with Crippen LogP contribution in [0.25, 0.3) is 10.9 Å². The van der Waals surface area contributed by atoms with Crippen molar-refractivity contribution in [2.75, 3.05) is 26.8 Å². The van der Waals surface area contributed by atoms with Gasteiger partial charge in [0.1, 0.15) is 13.2 Å². The normalized spacial score (nSPS) is 14.0. The predicted octanol–water partition coefficient (Wildman–Crippen LogP) is 2.40. The van der Waals surface area contributed by atoms with Crippen molar-refractivity contribution in [1.82, 2.24) is 10.3 Å². The Bertz CT molecular complexity index is 589. The maximum Gasteiger partial charge on any atom is 0.163 e. The molecular formula is C15H20N2O2. The summed E-state index contributed by atoms with van der Waals surface area (Å²) in [5.41, 5.74) is 3.77. The summed E-state index contributed by atoms with van der Waals surface area (Å²) in [7, 11) is 1.99. The lowest BCUT2D eigenvalue weighted by Gasteiger charge is -2.18. The van der Waals surface area contributed by atoms with Crippen molar-refractivity contribution in [2.24, 2.45) is 0 Å². The van der Waals surface area contributed by atoms with E-state index in [4.69, 9.17) is 9.47 Å². The number of H-pyrrole nitrogens is 1. The molecule has 1 aliphatic rings. The molecule has 2 aromatic rings. The van der Waals surface area contributed by atoms with Gasteiger partial charge < -0.3 is 19.8 Å². The molecule has 1 aliphatic heterocycles. The van der Waals surface area contributed by atoms with Crippen molar-refractivity contribution in [3.8, 4) is 11.5 Å². The summed E-state index contributed by atoms with van der Waals surface area (Å²) in [6.45, 7) is 4.44. The van der Waals surface area contributed by atoms with Crippen molar-refractivity contribution in [2.45, 2.75) is 19.8 Å². The van der Waals surface area contributed by atoms with Crippen LogP contribution in [-0.4, -0.2) is 31.8 Å². The highest BCUT2D eigenvalue weighted by atomic mass is 16.6. The molecule has 0 amide bonds. The third-order valence-corrected chi connectivity index (χ3v) is 3.64. The molecule has 0 bridgehead atoms. The highest BCUT2D eigenvalue weighted by Gasteiger charge is 2.16. The second-order valence-corrected chi connectivity index (χ2v) is 4.98. The van der Waals surface area contributed by atoms with Gasteiger partial charge in [-0.25, -0.2) is 0 Å². The minimum Gasteiger partial charge on any atom is -0.486 e. The van der Waals surface area contributed by atoms with Crippen LogP contribution in [-0.2, 0) is 6.42 Å². The first-order valence-electron chi connectivity index (χ1n) is 6.85. The lowest BCUT2D eigenvalue weighted by molar-refractivity contribution is 0.172. The Balaban J connectivity index is 1.99. The van der Waals surface area contributed by atoms with Gasteiger partial charge in [0.15, 0.2) is 11.5 Å². The smallest absolute Gasteiger partial charge is 0.163 e. The molecule has 19 heavy (non-hydrogen) atoms. The molecule has 102 valence electrons. The molecule has 4 nitrogen and oxygen atoms in total. The molecule has 0 saturated carbocycles. The van der Waals surface area contributed by atoms with Crippen LogP contribution in [0.5, 0.6) is 11.5 Å². The first kappa shape index (κ1) is 12.4. The summed E-state index contributed by atoms with van der Waals surface area (Å²) in [4.78, 5) is 3.45. The van der Waals surface area contributed by atoms with E-state index < -0.39 is 0 Å². The number of hydrogen-bond donors (Lipinski definition) is 2. The number of nitrogens with one attached hydrogen (secondary N) is 2. The number of fused-ring (bicyclic) bond motifs is 2. The van der Waals surface area contributed by atoms with Crippen LogP contribution in [0.1, 0.15) is 17.7 Å². The van der Waals surface area contributed by atoms with Gasteiger partial charge in [-0.05, 0) is 45.0 Å². The predicted molar refractivity (Wildman–Crippen MR) is 76.3 cm³/mol. The Morgan fingerprint density at radius 2 is 1.95 bits per heavy atom. The summed E-state index contributed by atoms with van der Waals surface area (Å²) in [5, 5.41) is 4.45. The lowest BCUT2D eigenvalue weighted by atomic mass is 10.1. The fraction of sp³-hybridized carbons (Fsp3) is 0.467. The molecule has 0 saturated heterocycles. The fourth-order valence-electron chi connectivity index (χ4n) is 2.69. The maximum absolute atomic E-state index is 5.67. The van der Waals surface area contributed by atoms with Crippen LogP contribution in [0.4, 0.5) is 0 Å². The number of aryl methyl sites for hydroxylation is 2. The van der Waals surface area contributed by atoms with Crippen LogP contribution in [0.15, 0.2) is 12.1 Å².